The van der Waals surface area contributed by atoms with Gasteiger partial charge in [-0.25, -0.2) is 0 Å². The minimum atomic E-state index is -0.117. The van der Waals surface area contributed by atoms with E-state index in [0.29, 0.717) is 12.1 Å². The molecule has 0 aromatic heterocycles. The van der Waals surface area contributed by atoms with Crippen molar-refractivity contribution in [2.75, 3.05) is 6.54 Å². The molecule has 102 valence electrons. The molecule has 0 heterocycles. The van der Waals surface area contributed by atoms with E-state index in [0.717, 1.165) is 18.0 Å². The van der Waals surface area contributed by atoms with E-state index in [9.17, 15) is 5.11 Å². The third-order valence-corrected chi connectivity index (χ3v) is 3.07. The van der Waals surface area contributed by atoms with Gasteiger partial charge in [-0.15, -0.1) is 0 Å². The van der Waals surface area contributed by atoms with Crippen LogP contribution in [0.1, 0.15) is 44.2 Å². The van der Waals surface area contributed by atoms with Gasteiger partial charge in [-0.1, -0.05) is 44.9 Å². The van der Waals surface area contributed by atoms with Crippen LogP contribution in [0.4, 0.5) is 0 Å². The second-order valence-corrected chi connectivity index (χ2v) is 5.15. The number of rotatable bonds is 8. The number of aliphatic hydroxyl groups is 1. The largest absolute Gasteiger partial charge is 0.507 e. The predicted molar refractivity (Wildman–Crippen MR) is 74.4 cm³/mol. The molecule has 0 unspecified atom stereocenters. The van der Waals surface area contributed by atoms with E-state index < -0.39 is 0 Å². The average Bonchev–Trinajstić information content (AvgIpc) is 2.35. The van der Waals surface area contributed by atoms with Gasteiger partial charge in [0.25, 0.3) is 0 Å². The molecule has 0 saturated heterocycles. The summed E-state index contributed by atoms with van der Waals surface area (Å²) in [4.78, 5) is 0. The van der Waals surface area contributed by atoms with E-state index in [-0.39, 0.29) is 12.4 Å². The molecule has 1 rings (SSSR count). The van der Waals surface area contributed by atoms with Crippen molar-refractivity contribution < 1.29 is 10.2 Å². The van der Waals surface area contributed by atoms with Crippen molar-refractivity contribution in [3.05, 3.63) is 29.3 Å². The SMILES string of the molecule is CC(C)CCCCNCc1cccc(CO)c1O. The van der Waals surface area contributed by atoms with Crippen molar-refractivity contribution in [3.8, 4) is 5.75 Å². The van der Waals surface area contributed by atoms with Gasteiger partial charge in [0.2, 0.25) is 0 Å². The van der Waals surface area contributed by atoms with E-state index in [1.165, 1.54) is 19.3 Å². The van der Waals surface area contributed by atoms with Gasteiger partial charge in [0.1, 0.15) is 5.75 Å². The summed E-state index contributed by atoms with van der Waals surface area (Å²) in [6.07, 6.45) is 3.68. The third kappa shape index (κ3) is 5.07. The molecule has 3 nitrogen and oxygen atoms in total. The zero-order chi connectivity index (χ0) is 13.4. The zero-order valence-corrected chi connectivity index (χ0v) is 11.4. The highest BCUT2D eigenvalue weighted by molar-refractivity contribution is 5.39. The fourth-order valence-corrected chi connectivity index (χ4v) is 1.94. The molecule has 0 bridgehead atoms. The van der Waals surface area contributed by atoms with Gasteiger partial charge in [0.15, 0.2) is 0 Å². The average molecular weight is 251 g/mol. The molecule has 0 aliphatic rings. The zero-order valence-electron chi connectivity index (χ0n) is 11.4. The molecule has 0 aliphatic heterocycles. The van der Waals surface area contributed by atoms with Crippen molar-refractivity contribution in [2.45, 2.75) is 46.3 Å². The summed E-state index contributed by atoms with van der Waals surface area (Å²) >= 11 is 0. The molecule has 3 N–H and O–H groups in total. The second-order valence-electron chi connectivity index (χ2n) is 5.15. The van der Waals surface area contributed by atoms with Crippen molar-refractivity contribution >= 4 is 0 Å². The summed E-state index contributed by atoms with van der Waals surface area (Å²) in [6.45, 7) is 5.99. The molecule has 1 aromatic rings. The van der Waals surface area contributed by atoms with Gasteiger partial charge in [-0.05, 0) is 18.9 Å². The Balaban J connectivity index is 2.27. The first-order valence-corrected chi connectivity index (χ1v) is 6.76. The standard InChI is InChI=1S/C15H25NO2/c1-12(2)6-3-4-9-16-10-13-7-5-8-14(11-17)15(13)18/h5,7-8,12,16-18H,3-4,6,9-11H2,1-2H3. The maximum absolute atomic E-state index is 9.86. The molecule has 0 fully saturated rings. The molecular weight excluding hydrogens is 226 g/mol. The van der Waals surface area contributed by atoms with Gasteiger partial charge < -0.3 is 15.5 Å². The Labute approximate surface area is 110 Å². The molecule has 0 saturated carbocycles. The number of aromatic hydroxyl groups is 1. The van der Waals surface area contributed by atoms with Crippen LogP contribution in [0.15, 0.2) is 18.2 Å². The summed E-state index contributed by atoms with van der Waals surface area (Å²) in [5, 5.41) is 22.2. The highest BCUT2D eigenvalue weighted by Gasteiger charge is 2.05. The van der Waals surface area contributed by atoms with E-state index in [2.05, 4.69) is 19.2 Å². The monoisotopic (exact) mass is 251 g/mol. The van der Waals surface area contributed by atoms with Crippen LogP contribution in [-0.4, -0.2) is 16.8 Å². The van der Waals surface area contributed by atoms with Crippen LogP contribution in [0.3, 0.4) is 0 Å². The lowest BCUT2D eigenvalue weighted by Crippen LogP contribution is -2.15. The number of nitrogens with one attached hydrogen (secondary N) is 1. The molecule has 0 spiro atoms. The Kier molecular flexibility index (Phi) is 6.76. The van der Waals surface area contributed by atoms with Crippen molar-refractivity contribution in [1.82, 2.24) is 5.32 Å². The minimum Gasteiger partial charge on any atom is -0.507 e. The van der Waals surface area contributed by atoms with E-state index >= 15 is 0 Å². The smallest absolute Gasteiger partial charge is 0.125 e. The van der Waals surface area contributed by atoms with Gasteiger partial charge in [-0.3, -0.25) is 0 Å². The Morgan fingerprint density at radius 3 is 2.56 bits per heavy atom. The topological polar surface area (TPSA) is 52.5 Å². The summed E-state index contributed by atoms with van der Waals surface area (Å²) in [6, 6.07) is 5.48. The number of phenols is 1. The van der Waals surface area contributed by atoms with Crippen molar-refractivity contribution in [3.63, 3.8) is 0 Å². The summed E-state index contributed by atoms with van der Waals surface area (Å²) in [5.74, 6) is 0.991. The molecule has 0 radical (unpaired) electrons. The highest BCUT2D eigenvalue weighted by atomic mass is 16.3. The summed E-state index contributed by atoms with van der Waals surface area (Å²) in [5.41, 5.74) is 1.44. The molecule has 0 amide bonds. The first-order chi connectivity index (χ1) is 8.65. The van der Waals surface area contributed by atoms with Crippen molar-refractivity contribution in [1.29, 1.82) is 0 Å². The lowest BCUT2D eigenvalue weighted by atomic mass is 10.1. The lowest BCUT2D eigenvalue weighted by molar-refractivity contribution is 0.275. The maximum atomic E-state index is 9.86. The molecule has 1 aromatic carbocycles. The van der Waals surface area contributed by atoms with Gasteiger partial charge in [-0.2, -0.15) is 0 Å². The number of benzene rings is 1. The van der Waals surface area contributed by atoms with Gasteiger partial charge in [0, 0.05) is 17.7 Å². The molecule has 3 heteroatoms. The third-order valence-electron chi connectivity index (χ3n) is 3.07. The van der Waals surface area contributed by atoms with Gasteiger partial charge in [0.05, 0.1) is 6.61 Å². The van der Waals surface area contributed by atoms with Gasteiger partial charge >= 0.3 is 0 Å². The molecular formula is C15H25NO2. The Morgan fingerprint density at radius 2 is 1.89 bits per heavy atom. The first-order valence-electron chi connectivity index (χ1n) is 6.76. The second kappa shape index (κ2) is 8.11. The highest BCUT2D eigenvalue weighted by Crippen LogP contribution is 2.22. The normalized spacial score (nSPS) is 11.1. The fraction of sp³-hybridized carbons (Fsp3) is 0.600. The Bertz CT molecular complexity index is 350. The van der Waals surface area contributed by atoms with Crippen LogP contribution in [-0.2, 0) is 13.2 Å². The molecule has 0 aliphatic carbocycles. The summed E-state index contributed by atoms with van der Waals surface area (Å²) in [7, 11) is 0. The number of para-hydroxylation sites is 1. The van der Waals surface area contributed by atoms with Crippen LogP contribution < -0.4 is 5.32 Å². The Morgan fingerprint density at radius 1 is 1.17 bits per heavy atom. The summed E-state index contributed by atoms with van der Waals surface area (Å²) < 4.78 is 0. The van der Waals surface area contributed by atoms with E-state index in [4.69, 9.17) is 5.11 Å². The number of hydrogen-bond acceptors (Lipinski definition) is 3. The van der Waals surface area contributed by atoms with Crippen LogP contribution >= 0.6 is 0 Å². The predicted octanol–water partition coefficient (Wildman–Crippen LogP) is 2.80. The molecule has 0 atom stereocenters. The molecule has 18 heavy (non-hydrogen) atoms. The van der Waals surface area contributed by atoms with Crippen LogP contribution in [0, 0.1) is 5.92 Å². The maximum Gasteiger partial charge on any atom is 0.125 e. The fourth-order valence-electron chi connectivity index (χ4n) is 1.94. The van der Waals surface area contributed by atoms with Crippen LogP contribution in [0.2, 0.25) is 0 Å². The number of aliphatic hydroxyl groups excluding tert-OH is 1. The Hall–Kier alpha value is -1.06. The quantitative estimate of drug-likeness (QED) is 0.623. The van der Waals surface area contributed by atoms with Crippen LogP contribution in [0.25, 0.3) is 0 Å². The van der Waals surface area contributed by atoms with Crippen LogP contribution in [0.5, 0.6) is 5.75 Å². The minimum absolute atomic E-state index is 0.117. The van der Waals surface area contributed by atoms with Crippen molar-refractivity contribution in [2.24, 2.45) is 5.92 Å². The lowest BCUT2D eigenvalue weighted by Gasteiger charge is -2.09. The van der Waals surface area contributed by atoms with E-state index in [1.54, 1.807) is 6.07 Å². The number of hydrogen-bond donors (Lipinski definition) is 3. The first kappa shape index (κ1) is 15.0. The number of unbranched alkanes of at least 4 members (excludes halogenated alkanes) is 1. The van der Waals surface area contributed by atoms with E-state index in [1.807, 2.05) is 12.1 Å².